The van der Waals surface area contributed by atoms with Crippen LogP contribution in [0.1, 0.15) is 17.4 Å². The molecular weight excluding hydrogens is 252 g/mol. The molecule has 0 saturated heterocycles. The second-order valence-corrected chi connectivity index (χ2v) is 4.42. The molecule has 1 aromatic carbocycles. The summed E-state index contributed by atoms with van der Waals surface area (Å²) in [5, 5.41) is 1.62. The molecule has 2 aromatic heterocycles. The molecule has 0 amide bonds. The van der Waals surface area contributed by atoms with Crippen molar-refractivity contribution in [2.24, 2.45) is 5.84 Å². The Morgan fingerprint density at radius 3 is 2.83 bits per heavy atom. The molecule has 2 heterocycles. The zero-order valence-corrected chi connectivity index (χ0v) is 10.1. The Morgan fingerprint density at radius 2 is 2.11 bits per heavy atom. The minimum atomic E-state index is -0.241. The summed E-state index contributed by atoms with van der Waals surface area (Å²) < 4.78 is 10.8. The second kappa shape index (κ2) is 4.49. The first-order chi connectivity index (χ1) is 8.78. The van der Waals surface area contributed by atoms with Crippen LogP contribution in [0.4, 0.5) is 0 Å². The Kier molecular flexibility index (Phi) is 2.83. The van der Waals surface area contributed by atoms with Gasteiger partial charge in [-0.05, 0) is 30.3 Å². The van der Waals surface area contributed by atoms with E-state index in [0.29, 0.717) is 5.02 Å². The molecule has 0 radical (unpaired) electrons. The number of hydrazine groups is 1. The minimum absolute atomic E-state index is 0.241. The first-order valence-electron chi connectivity index (χ1n) is 5.45. The summed E-state index contributed by atoms with van der Waals surface area (Å²) in [5.41, 5.74) is 4.39. The monoisotopic (exact) mass is 262 g/mol. The van der Waals surface area contributed by atoms with Crippen LogP contribution in [-0.4, -0.2) is 0 Å². The van der Waals surface area contributed by atoms with E-state index in [9.17, 15) is 0 Å². The largest absolute Gasteiger partial charge is 0.472 e. The zero-order valence-electron chi connectivity index (χ0n) is 9.39. The highest BCUT2D eigenvalue weighted by molar-refractivity contribution is 6.31. The van der Waals surface area contributed by atoms with Crippen molar-refractivity contribution >= 4 is 22.6 Å². The predicted molar refractivity (Wildman–Crippen MR) is 69.1 cm³/mol. The summed E-state index contributed by atoms with van der Waals surface area (Å²) in [6, 6.07) is 9.00. The molecule has 0 bridgehead atoms. The molecule has 0 spiro atoms. The fourth-order valence-electron chi connectivity index (χ4n) is 1.96. The second-order valence-electron chi connectivity index (χ2n) is 3.99. The Balaban J connectivity index is 2.07. The smallest absolute Gasteiger partial charge is 0.134 e. The van der Waals surface area contributed by atoms with Crippen LogP contribution in [0.3, 0.4) is 0 Å². The Bertz CT molecular complexity index is 661. The van der Waals surface area contributed by atoms with Gasteiger partial charge in [-0.25, -0.2) is 5.43 Å². The normalized spacial score (nSPS) is 13.0. The number of nitrogens with two attached hydrogens (primary N) is 1. The van der Waals surface area contributed by atoms with E-state index in [1.165, 1.54) is 0 Å². The molecule has 4 nitrogen and oxygen atoms in total. The fraction of sp³-hybridized carbons (Fsp3) is 0.0769. The first kappa shape index (κ1) is 11.3. The van der Waals surface area contributed by atoms with Crippen molar-refractivity contribution in [1.82, 2.24) is 5.43 Å². The van der Waals surface area contributed by atoms with Crippen molar-refractivity contribution < 1.29 is 8.83 Å². The maximum Gasteiger partial charge on any atom is 0.134 e. The van der Waals surface area contributed by atoms with Crippen LogP contribution >= 0.6 is 11.6 Å². The van der Waals surface area contributed by atoms with Gasteiger partial charge in [0.05, 0.1) is 12.5 Å². The van der Waals surface area contributed by atoms with E-state index in [4.69, 9.17) is 26.3 Å². The number of fused-ring (bicyclic) bond motifs is 1. The average Bonchev–Trinajstić information content (AvgIpc) is 2.98. The summed E-state index contributed by atoms with van der Waals surface area (Å²) in [6.45, 7) is 0. The summed E-state index contributed by atoms with van der Waals surface area (Å²) in [7, 11) is 0. The van der Waals surface area contributed by atoms with Crippen LogP contribution in [-0.2, 0) is 0 Å². The van der Waals surface area contributed by atoms with E-state index >= 15 is 0 Å². The van der Waals surface area contributed by atoms with Crippen molar-refractivity contribution in [3.8, 4) is 0 Å². The van der Waals surface area contributed by atoms with Crippen molar-refractivity contribution in [2.75, 3.05) is 0 Å². The number of nitrogens with one attached hydrogen (secondary N) is 1. The highest BCUT2D eigenvalue weighted by Crippen LogP contribution is 2.29. The quantitative estimate of drug-likeness (QED) is 0.562. The SMILES string of the molecule is NNC(c1ccoc1)c1cc2cc(Cl)ccc2o1. The van der Waals surface area contributed by atoms with Gasteiger partial charge >= 0.3 is 0 Å². The number of hydrogen-bond acceptors (Lipinski definition) is 4. The minimum Gasteiger partial charge on any atom is -0.472 e. The van der Waals surface area contributed by atoms with Crippen molar-refractivity contribution in [1.29, 1.82) is 0 Å². The Labute approximate surface area is 108 Å². The third kappa shape index (κ3) is 1.90. The first-order valence-corrected chi connectivity index (χ1v) is 5.83. The third-order valence-electron chi connectivity index (χ3n) is 2.83. The molecule has 3 N–H and O–H groups in total. The van der Waals surface area contributed by atoms with Gasteiger partial charge in [0, 0.05) is 16.0 Å². The van der Waals surface area contributed by atoms with Gasteiger partial charge in [0.15, 0.2) is 0 Å². The van der Waals surface area contributed by atoms with E-state index in [1.54, 1.807) is 18.6 Å². The number of halogens is 1. The lowest BCUT2D eigenvalue weighted by atomic mass is 10.1. The van der Waals surface area contributed by atoms with E-state index in [1.807, 2.05) is 24.3 Å². The van der Waals surface area contributed by atoms with Crippen molar-refractivity contribution in [3.05, 3.63) is 59.2 Å². The highest BCUT2D eigenvalue weighted by Gasteiger charge is 2.18. The standard InChI is InChI=1S/C13H11ClN2O2/c14-10-1-2-11-9(5-10)6-12(18-11)13(16-15)8-3-4-17-7-8/h1-7,13,16H,15H2. The predicted octanol–water partition coefficient (Wildman–Crippen LogP) is 3.23. The molecule has 1 unspecified atom stereocenters. The molecule has 0 aliphatic carbocycles. The number of rotatable bonds is 3. The molecule has 0 aliphatic heterocycles. The van der Waals surface area contributed by atoms with E-state index in [2.05, 4.69) is 5.43 Å². The number of furan rings is 2. The van der Waals surface area contributed by atoms with Crippen LogP contribution in [0.2, 0.25) is 5.02 Å². The Morgan fingerprint density at radius 1 is 1.22 bits per heavy atom. The molecule has 18 heavy (non-hydrogen) atoms. The lowest BCUT2D eigenvalue weighted by Gasteiger charge is -2.10. The summed E-state index contributed by atoms with van der Waals surface area (Å²) in [4.78, 5) is 0. The van der Waals surface area contributed by atoms with Crippen molar-refractivity contribution in [2.45, 2.75) is 6.04 Å². The van der Waals surface area contributed by atoms with Gasteiger partial charge < -0.3 is 8.83 Å². The van der Waals surface area contributed by atoms with Gasteiger partial charge in [-0.2, -0.15) is 0 Å². The third-order valence-corrected chi connectivity index (χ3v) is 3.06. The van der Waals surface area contributed by atoms with E-state index in [0.717, 1.165) is 22.3 Å². The lowest BCUT2D eigenvalue weighted by Crippen LogP contribution is -2.28. The molecule has 3 rings (SSSR count). The summed E-state index contributed by atoms with van der Waals surface area (Å²) in [6.07, 6.45) is 3.23. The maximum atomic E-state index is 5.94. The van der Waals surface area contributed by atoms with Gasteiger partial charge in [0.2, 0.25) is 0 Å². The van der Waals surface area contributed by atoms with Gasteiger partial charge in [-0.1, -0.05) is 11.6 Å². The average molecular weight is 263 g/mol. The van der Waals surface area contributed by atoms with E-state index < -0.39 is 0 Å². The fourth-order valence-corrected chi connectivity index (χ4v) is 2.14. The summed E-state index contributed by atoms with van der Waals surface area (Å²) in [5.74, 6) is 6.29. The van der Waals surface area contributed by atoms with Crippen LogP contribution in [0.15, 0.2) is 51.7 Å². The van der Waals surface area contributed by atoms with Crippen LogP contribution < -0.4 is 11.3 Å². The Hall–Kier alpha value is -1.75. The molecule has 5 heteroatoms. The number of hydrogen-bond donors (Lipinski definition) is 2. The summed E-state index contributed by atoms with van der Waals surface area (Å²) >= 11 is 5.94. The van der Waals surface area contributed by atoms with Gasteiger partial charge in [0.1, 0.15) is 17.4 Å². The molecular formula is C13H11ClN2O2. The maximum absolute atomic E-state index is 5.94. The van der Waals surface area contributed by atoms with Gasteiger partial charge in [-0.3, -0.25) is 5.84 Å². The molecule has 0 saturated carbocycles. The van der Waals surface area contributed by atoms with Crippen LogP contribution in [0.25, 0.3) is 11.0 Å². The molecule has 1 atom stereocenters. The van der Waals surface area contributed by atoms with Gasteiger partial charge in [0.25, 0.3) is 0 Å². The molecule has 0 aliphatic rings. The number of benzene rings is 1. The highest BCUT2D eigenvalue weighted by atomic mass is 35.5. The van der Waals surface area contributed by atoms with Crippen molar-refractivity contribution in [3.63, 3.8) is 0 Å². The molecule has 92 valence electrons. The van der Waals surface area contributed by atoms with E-state index in [-0.39, 0.29) is 6.04 Å². The lowest BCUT2D eigenvalue weighted by molar-refractivity contribution is 0.472. The van der Waals surface area contributed by atoms with Crippen LogP contribution in [0.5, 0.6) is 0 Å². The zero-order chi connectivity index (χ0) is 12.5. The molecule has 0 fully saturated rings. The molecule has 3 aromatic rings. The van der Waals surface area contributed by atoms with Crippen LogP contribution in [0, 0.1) is 0 Å². The van der Waals surface area contributed by atoms with Gasteiger partial charge in [-0.15, -0.1) is 0 Å². The topological polar surface area (TPSA) is 64.3 Å².